The summed E-state index contributed by atoms with van der Waals surface area (Å²) in [6.07, 6.45) is 2.61. The number of hydrogen-bond acceptors (Lipinski definition) is 8. The number of ether oxygens (including phenoxy) is 2. The van der Waals surface area contributed by atoms with Crippen LogP contribution in [0.25, 0.3) is 17.3 Å². The lowest BCUT2D eigenvalue weighted by Crippen LogP contribution is -2.11. The normalized spacial score (nSPS) is 11.7. The van der Waals surface area contributed by atoms with Crippen LogP contribution >= 0.6 is 0 Å². The number of hydrogen-bond donors (Lipinski definition) is 0. The van der Waals surface area contributed by atoms with Crippen LogP contribution in [0.4, 0.5) is 0 Å². The molecule has 31 heavy (non-hydrogen) atoms. The van der Waals surface area contributed by atoms with Crippen molar-refractivity contribution in [3.8, 4) is 29.2 Å². The Morgan fingerprint density at radius 3 is 2.52 bits per heavy atom. The number of aryl methyl sites for hydroxylation is 1. The van der Waals surface area contributed by atoms with E-state index in [1.807, 2.05) is 6.07 Å². The summed E-state index contributed by atoms with van der Waals surface area (Å²) in [4.78, 5) is 12.8. The third-order valence-corrected chi connectivity index (χ3v) is 4.63. The predicted molar refractivity (Wildman–Crippen MR) is 108 cm³/mol. The Labute approximate surface area is 177 Å². The Hall–Kier alpha value is -4.32. The minimum atomic E-state index is -0.831. The molecule has 0 aliphatic rings. The number of aromatic nitrogens is 3. The molecule has 0 saturated heterocycles. The maximum atomic E-state index is 12.8. The highest BCUT2D eigenvalue weighted by molar-refractivity contribution is 5.94. The molecule has 9 heteroatoms. The van der Waals surface area contributed by atoms with E-state index in [0.29, 0.717) is 11.3 Å². The molecule has 1 unspecified atom stereocenters. The molecule has 0 amide bonds. The molecule has 3 aromatic heterocycles. The van der Waals surface area contributed by atoms with Crippen molar-refractivity contribution in [2.75, 3.05) is 7.11 Å². The summed E-state index contributed by atoms with van der Waals surface area (Å²) < 4.78 is 23.5. The molecule has 0 N–H and O–H groups in total. The van der Waals surface area contributed by atoms with Gasteiger partial charge in [-0.3, -0.25) is 4.57 Å². The number of methoxy groups -OCH3 is 1. The van der Waals surface area contributed by atoms with Crippen molar-refractivity contribution in [2.45, 2.75) is 20.0 Å². The van der Waals surface area contributed by atoms with Crippen LogP contribution in [0.5, 0.6) is 5.75 Å². The number of nitriles is 1. The Morgan fingerprint density at radius 2 is 1.87 bits per heavy atom. The molecule has 0 spiro atoms. The Bertz CT molecular complexity index is 1250. The number of carbonyl (C=O) groups is 1. The molecule has 0 fully saturated rings. The molecule has 0 saturated carbocycles. The van der Waals surface area contributed by atoms with E-state index >= 15 is 0 Å². The quantitative estimate of drug-likeness (QED) is 0.427. The fourth-order valence-corrected chi connectivity index (χ4v) is 3.05. The zero-order chi connectivity index (χ0) is 22.0. The van der Waals surface area contributed by atoms with Gasteiger partial charge in [-0.2, -0.15) is 5.26 Å². The smallest absolute Gasteiger partial charge is 0.343 e. The van der Waals surface area contributed by atoms with Gasteiger partial charge in [0.2, 0.25) is 11.8 Å². The van der Waals surface area contributed by atoms with Crippen molar-refractivity contribution in [3.63, 3.8) is 0 Å². The van der Waals surface area contributed by atoms with E-state index in [9.17, 15) is 10.1 Å². The number of furan rings is 1. The first-order valence-corrected chi connectivity index (χ1v) is 9.37. The van der Waals surface area contributed by atoms with Crippen LogP contribution in [0, 0.1) is 18.3 Å². The molecule has 0 aliphatic heterocycles. The molecule has 4 aromatic rings. The number of benzene rings is 1. The SMILES string of the molecule is COc1ccc(-c2nnc(C(C)OC(=O)c3c(C)oc(-n4cccc4)c3C#N)o2)cc1. The topological polar surface area (TPSA) is 116 Å². The molecule has 0 bridgehead atoms. The van der Waals surface area contributed by atoms with Crippen molar-refractivity contribution >= 4 is 5.97 Å². The van der Waals surface area contributed by atoms with Gasteiger partial charge in [0.25, 0.3) is 5.89 Å². The molecule has 4 rings (SSSR count). The highest BCUT2D eigenvalue weighted by atomic mass is 16.6. The minimum Gasteiger partial charge on any atom is -0.497 e. The van der Waals surface area contributed by atoms with Crippen molar-refractivity contribution in [2.24, 2.45) is 0 Å². The van der Waals surface area contributed by atoms with Gasteiger partial charge in [0, 0.05) is 18.0 Å². The standard InChI is InChI=1S/C22H18N4O5/c1-13-18(17(12-23)21(29-13)26-10-4-5-11-26)22(27)30-14(2)19-24-25-20(31-19)15-6-8-16(28-3)9-7-15/h4-11,14H,1-3H3. The fourth-order valence-electron chi connectivity index (χ4n) is 3.05. The summed E-state index contributed by atoms with van der Waals surface area (Å²) in [5.74, 6) is 0.935. The number of nitrogens with zero attached hydrogens (tertiary/aromatic N) is 4. The van der Waals surface area contributed by atoms with Crippen LogP contribution in [-0.4, -0.2) is 27.8 Å². The largest absolute Gasteiger partial charge is 0.497 e. The number of esters is 1. The summed E-state index contributed by atoms with van der Waals surface area (Å²) in [6.45, 7) is 3.21. The molecule has 3 heterocycles. The first kappa shape index (κ1) is 20.0. The maximum absolute atomic E-state index is 12.8. The van der Waals surface area contributed by atoms with Crippen LogP contribution in [0.3, 0.4) is 0 Å². The second-order valence-electron chi connectivity index (χ2n) is 6.64. The summed E-state index contributed by atoms with van der Waals surface area (Å²) in [5, 5.41) is 17.6. The highest BCUT2D eigenvalue weighted by Gasteiger charge is 2.28. The second-order valence-corrected chi connectivity index (χ2v) is 6.64. The van der Waals surface area contributed by atoms with E-state index in [0.717, 1.165) is 0 Å². The third-order valence-electron chi connectivity index (χ3n) is 4.63. The lowest BCUT2D eigenvalue weighted by molar-refractivity contribution is 0.0277. The molecule has 0 aliphatic carbocycles. The van der Waals surface area contributed by atoms with E-state index in [4.69, 9.17) is 18.3 Å². The lowest BCUT2D eigenvalue weighted by atomic mass is 10.1. The van der Waals surface area contributed by atoms with Gasteiger partial charge in [-0.1, -0.05) is 0 Å². The first-order chi connectivity index (χ1) is 15.0. The van der Waals surface area contributed by atoms with E-state index in [1.165, 1.54) is 0 Å². The van der Waals surface area contributed by atoms with E-state index < -0.39 is 12.1 Å². The lowest BCUT2D eigenvalue weighted by Gasteiger charge is -2.09. The molecule has 1 atom stereocenters. The van der Waals surface area contributed by atoms with Crippen LogP contribution in [-0.2, 0) is 4.74 Å². The molecular formula is C22H18N4O5. The average molecular weight is 418 g/mol. The van der Waals surface area contributed by atoms with Crippen LogP contribution in [0.1, 0.15) is 40.6 Å². The van der Waals surface area contributed by atoms with Gasteiger partial charge in [-0.15, -0.1) is 10.2 Å². The fraction of sp³-hybridized carbons (Fsp3) is 0.182. The van der Waals surface area contributed by atoms with Crippen molar-refractivity contribution in [1.29, 1.82) is 5.26 Å². The number of carbonyl (C=O) groups excluding carboxylic acids is 1. The zero-order valence-electron chi connectivity index (χ0n) is 17.0. The predicted octanol–water partition coefficient (Wildman–Crippen LogP) is 4.23. The zero-order valence-corrected chi connectivity index (χ0v) is 17.0. The summed E-state index contributed by atoms with van der Waals surface area (Å²) in [7, 11) is 1.58. The van der Waals surface area contributed by atoms with Crippen LogP contribution < -0.4 is 4.74 Å². The summed E-state index contributed by atoms with van der Waals surface area (Å²) in [6, 6.07) is 12.7. The molecular weight excluding hydrogens is 400 g/mol. The summed E-state index contributed by atoms with van der Waals surface area (Å²) >= 11 is 0. The maximum Gasteiger partial charge on any atom is 0.343 e. The summed E-state index contributed by atoms with van der Waals surface area (Å²) in [5.41, 5.74) is 0.857. The average Bonchev–Trinajstić information content (AvgIpc) is 3.53. The molecule has 156 valence electrons. The van der Waals surface area contributed by atoms with Gasteiger partial charge in [0.1, 0.15) is 28.7 Å². The van der Waals surface area contributed by atoms with Gasteiger partial charge in [0.05, 0.1) is 7.11 Å². The van der Waals surface area contributed by atoms with Crippen LogP contribution in [0.15, 0.2) is 57.6 Å². The van der Waals surface area contributed by atoms with E-state index in [1.54, 1.807) is 74.3 Å². The van der Waals surface area contributed by atoms with Gasteiger partial charge in [-0.25, -0.2) is 4.79 Å². The van der Waals surface area contributed by atoms with Crippen molar-refractivity contribution < 1.29 is 23.1 Å². The van der Waals surface area contributed by atoms with Gasteiger partial charge in [0.15, 0.2) is 6.10 Å². The first-order valence-electron chi connectivity index (χ1n) is 9.37. The van der Waals surface area contributed by atoms with E-state index in [2.05, 4.69) is 10.2 Å². The molecule has 1 aromatic carbocycles. The molecule has 0 radical (unpaired) electrons. The highest BCUT2D eigenvalue weighted by Crippen LogP contribution is 2.29. The Morgan fingerprint density at radius 1 is 1.16 bits per heavy atom. The minimum absolute atomic E-state index is 0.0629. The second kappa shape index (κ2) is 8.20. The monoisotopic (exact) mass is 418 g/mol. The Balaban J connectivity index is 1.54. The van der Waals surface area contributed by atoms with E-state index in [-0.39, 0.29) is 34.6 Å². The third kappa shape index (κ3) is 3.79. The van der Waals surface area contributed by atoms with Crippen LogP contribution in [0.2, 0.25) is 0 Å². The van der Waals surface area contributed by atoms with Gasteiger partial charge < -0.3 is 18.3 Å². The van der Waals surface area contributed by atoms with Crippen molar-refractivity contribution in [3.05, 3.63) is 71.6 Å². The van der Waals surface area contributed by atoms with Gasteiger partial charge in [-0.05, 0) is 50.2 Å². The Kier molecular flexibility index (Phi) is 5.28. The van der Waals surface area contributed by atoms with Gasteiger partial charge >= 0.3 is 5.97 Å². The van der Waals surface area contributed by atoms with Crippen molar-refractivity contribution in [1.82, 2.24) is 14.8 Å². The number of rotatable bonds is 6. The molecule has 9 nitrogen and oxygen atoms in total.